The highest BCUT2D eigenvalue weighted by molar-refractivity contribution is 5.85. The minimum absolute atomic E-state index is 0. The molecule has 1 N–H and O–H groups in total. The number of ether oxygens (including phenoxy) is 2. The molecule has 1 aromatic carbocycles. The Kier molecular flexibility index (Phi) is 5.38. The first kappa shape index (κ1) is 17.5. The Morgan fingerprint density at radius 3 is 2.32 bits per heavy atom. The molecule has 1 saturated carbocycles. The lowest BCUT2D eigenvalue weighted by Gasteiger charge is -2.49. The number of benzene rings is 1. The lowest BCUT2D eigenvalue weighted by molar-refractivity contribution is -0.194. The van der Waals surface area contributed by atoms with Crippen LogP contribution in [0.2, 0.25) is 0 Å². The Morgan fingerprint density at radius 2 is 1.77 bits per heavy atom. The van der Waals surface area contributed by atoms with Gasteiger partial charge in [-0.3, -0.25) is 4.90 Å². The molecule has 2 aliphatic rings. The first-order valence-electron chi connectivity index (χ1n) is 7.89. The van der Waals surface area contributed by atoms with Gasteiger partial charge in [-0.05, 0) is 44.1 Å². The van der Waals surface area contributed by atoms with Crippen LogP contribution in [0, 0.1) is 0 Å². The SMILES string of the molecule is CCN(C)C1(c2cccc(O)c2)CCC2(CC1)OCCO2.Cl. The van der Waals surface area contributed by atoms with Crippen LogP contribution in [0.3, 0.4) is 0 Å². The summed E-state index contributed by atoms with van der Waals surface area (Å²) in [6, 6.07) is 7.69. The molecule has 0 amide bonds. The zero-order chi connectivity index (χ0) is 14.9. The fraction of sp³-hybridized carbons (Fsp3) is 0.647. The average Bonchev–Trinajstić information content (AvgIpc) is 2.96. The van der Waals surface area contributed by atoms with E-state index in [9.17, 15) is 5.11 Å². The van der Waals surface area contributed by atoms with Gasteiger partial charge in [-0.1, -0.05) is 19.1 Å². The Morgan fingerprint density at radius 1 is 1.14 bits per heavy atom. The van der Waals surface area contributed by atoms with Crippen molar-refractivity contribution >= 4 is 12.4 Å². The van der Waals surface area contributed by atoms with Gasteiger partial charge in [-0.2, -0.15) is 0 Å². The van der Waals surface area contributed by atoms with Crippen molar-refractivity contribution in [2.45, 2.75) is 43.9 Å². The number of hydrogen-bond acceptors (Lipinski definition) is 4. The van der Waals surface area contributed by atoms with Crippen LogP contribution in [-0.4, -0.2) is 42.6 Å². The summed E-state index contributed by atoms with van der Waals surface area (Å²) in [5.74, 6) is -0.0143. The first-order valence-corrected chi connectivity index (χ1v) is 7.89. The molecule has 1 aliphatic heterocycles. The maximum Gasteiger partial charge on any atom is 0.168 e. The smallest absolute Gasteiger partial charge is 0.168 e. The Balaban J connectivity index is 0.00000176. The molecule has 0 atom stereocenters. The van der Waals surface area contributed by atoms with Crippen molar-refractivity contribution in [1.82, 2.24) is 4.90 Å². The lowest BCUT2D eigenvalue weighted by atomic mass is 9.73. The lowest BCUT2D eigenvalue weighted by Crippen LogP contribution is -2.50. The molecular formula is C17H26ClNO3. The van der Waals surface area contributed by atoms with Gasteiger partial charge >= 0.3 is 0 Å². The van der Waals surface area contributed by atoms with E-state index in [4.69, 9.17) is 9.47 Å². The molecule has 0 aromatic heterocycles. The molecule has 1 aliphatic carbocycles. The number of phenolic OH excluding ortho intramolecular Hbond substituents is 1. The summed E-state index contributed by atoms with van der Waals surface area (Å²) in [4.78, 5) is 2.39. The summed E-state index contributed by atoms with van der Waals surface area (Å²) in [5.41, 5.74) is 1.16. The van der Waals surface area contributed by atoms with E-state index in [-0.39, 0.29) is 23.7 Å². The fourth-order valence-corrected chi connectivity index (χ4v) is 3.82. The Bertz CT molecular complexity index is 492. The van der Waals surface area contributed by atoms with Gasteiger partial charge in [0.2, 0.25) is 0 Å². The average molecular weight is 328 g/mol. The van der Waals surface area contributed by atoms with E-state index >= 15 is 0 Å². The van der Waals surface area contributed by atoms with E-state index < -0.39 is 0 Å². The monoisotopic (exact) mass is 327 g/mol. The van der Waals surface area contributed by atoms with Gasteiger partial charge in [0, 0.05) is 18.4 Å². The molecule has 5 heteroatoms. The largest absolute Gasteiger partial charge is 0.508 e. The maximum atomic E-state index is 9.85. The van der Waals surface area contributed by atoms with Gasteiger partial charge in [-0.15, -0.1) is 12.4 Å². The molecule has 0 unspecified atom stereocenters. The number of halogens is 1. The minimum Gasteiger partial charge on any atom is -0.508 e. The fourth-order valence-electron chi connectivity index (χ4n) is 3.82. The van der Waals surface area contributed by atoms with Crippen LogP contribution in [0.4, 0.5) is 0 Å². The molecule has 124 valence electrons. The van der Waals surface area contributed by atoms with E-state index in [0.717, 1.165) is 32.2 Å². The highest BCUT2D eigenvalue weighted by Crippen LogP contribution is 2.48. The van der Waals surface area contributed by atoms with Crippen LogP contribution < -0.4 is 0 Å². The normalized spacial score (nSPS) is 22.7. The van der Waals surface area contributed by atoms with E-state index in [2.05, 4.69) is 24.9 Å². The molecule has 0 radical (unpaired) electrons. The van der Waals surface area contributed by atoms with Crippen LogP contribution in [0.1, 0.15) is 38.2 Å². The first-order chi connectivity index (χ1) is 10.1. The van der Waals surface area contributed by atoms with Crippen molar-refractivity contribution in [3.63, 3.8) is 0 Å². The summed E-state index contributed by atoms with van der Waals surface area (Å²) < 4.78 is 11.7. The number of aromatic hydroxyl groups is 1. The third-order valence-electron chi connectivity index (χ3n) is 5.24. The molecule has 3 rings (SSSR count). The van der Waals surface area contributed by atoms with Crippen molar-refractivity contribution < 1.29 is 14.6 Å². The summed E-state index contributed by atoms with van der Waals surface area (Å²) in [6.45, 7) is 4.58. The Labute approximate surface area is 138 Å². The van der Waals surface area contributed by atoms with Crippen LogP contribution in [0.25, 0.3) is 0 Å². The third-order valence-corrected chi connectivity index (χ3v) is 5.24. The van der Waals surface area contributed by atoms with Crippen LogP contribution in [0.15, 0.2) is 24.3 Å². The summed E-state index contributed by atoms with van der Waals surface area (Å²) in [5, 5.41) is 9.85. The topological polar surface area (TPSA) is 41.9 Å². The molecule has 1 spiro atoms. The van der Waals surface area contributed by atoms with E-state index in [0.29, 0.717) is 19.0 Å². The van der Waals surface area contributed by atoms with Gasteiger partial charge in [0.15, 0.2) is 5.79 Å². The quantitative estimate of drug-likeness (QED) is 0.925. The minimum atomic E-state index is -0.352. The number of nitrogens with zero attached hydrogens (tertiary/aromatic N) is 1. The van der Waals surface area contributed by atoms with E-state index in [1.807, 2.05) is 12.1 Å². The van der Waals surface area contributed by atoms with Gasteiger partial charge in [-0.25, -0.2) is 0 Å². The van der Waals surface area contributed by atoms with Crippen LogP contribution >= 0.6 is 12.4 Å². The molecular weight excluding hydrogens is 302 g/mol. The molecule has 4 nitrogen and oxygen atoms in total. The molecule has 2 fully saturated rings. The van der Waals surface area contributed by atoms with Crippen molar-refractivity contribution in [3.8, 4) is 5.75 Å². The molecule has 1 heterocycles. The van der Waals surface area contributed by atoms with Gasteiger partial charge in [0.25, 0.3) is 0 Å². The second-order valence-corrected chi connectivity index (χ2v) is 6.20. The van der Waals surface area contributed by atoms with Crippen molar-refractivity contribution in [2.24, 2.45) is 0 Å². The van der Waals surface area contributed by atoms with E-state index in [1.54, 1.807) is 6.07 Å². The predicted octanol–water partition coefficient (Wildman–Crippen LogP) is 3.28. The highest BCUT2D eigenvalue weighted by atomic mass is 35.5. The summed E-state index contributed by atoms with van der Waals surface area (Å²) in [7, 11) is 2.17. The summed E-state index contributed by atoms with van der Waals surface area (Å²) >= 11 is 0. The van der Waals surface area contributed by atoms with Crippen LogP contribution in [-0.2, 0) is 15.0 Å². The van der Waals surface area contributed by atoms with Crippen molar-refractivity contribution in [2.75, 3.05) is 26.8 Å². The zero-order valence-electron chi connectivity index (χ0n) is 13.4. The van der Waals surface area contributed by atoms with Crippen LogP contribution in [0.5, 0.6) is 5.75 Å². The predicted molar refractivity (Wildman–Crippen MR) is 88.4 cm³/mol. The maximum absolute atomic E-state index is 9.85. The van der Waals surface area contributed by atoms with Gasteiger partial charge in [0.1, 0.15) is 5.75 Å². The number of phenols is 1. The van der Waals surface area contributed by atoms with E-state index in [1.165, 1.54) is 5.56 Å². The number of hydrogen-bond donors (Lipinski definition) is 1. The number of rotatable bonds is 3. The summed E-state index contributed by atoms with van der Waals surface area (Å²) in [6.07, 6.45) is 3.79. The third kappa shape index (κ3) is 2.98. The molecule has 1 aromatic rings. The molecule has 1 saturated heterocycles. The van der Waals surface area contributed by atoms with Crippen molar-refractivity contribution in [1.29, 1.82) is 0 Å². The second kappa shape index (κ2) is 6.75. The standard InChI is InChI=1S/C17H25NO3.ClH/c1-3-18(2)16(14-5-4-6-15(19)13-14)7-9-17(10-8-16)20-11-12-21-17;/h4-6,13,19H,3,7-12H2,1-2H3;1H. The van der Waals surface area contributed by atoms with Gasteiger partial charge in [0.05, 0.1) is 13.2 Å². The van der Waals surface area contributed by atoms with Crippen molar-refractivity contribution in [3.05, 3.63) is 29.8 Å². The van der Waals surface area contributed by atoms with Gasteiger partial charge < -0.3 is 14.6 Å². The molecule has 22 heavy (non-hydrogen) atoms. The Hall–Kier alpha value is -0.810. The zero-order valence-corrected chi connectivity index (χ0v) is 14.2. The highest BCUT2D eigenvalue weighted by Gasteiger charge is 2.48. The second-order valence-electron chi connectivity index (χ2n) is 6.20. The molecule has 0 bridgehead atoms.